The van der Waals surface area contributed by atoms with Crippen LogP contribution in [0.15, 0.2) is 24.8 Å². The molecule has 0 aliphatic heterocycles. The predicted octanol–water partition coefficient (Wildman–Crippen LogP) is 1.96. The second-order valence-corrected chi connectivity index (χ2v) is 3.12. The molecule has 0 heterocycles. The van der Waals surface area contributed by atoms with Crippen molar-refractivity contribution in [2.75, 3.05) is 5.32 Å². The minimum Gasteiger partial charge on any atom is -0.478 e. The third-order valence-electron chi connectivity index (χ3n) is 2.00. The van der Waals surface area contributed by atoms with E-state index < -0.39 is 17.7 Å². The normalized spacial score (nSPS) is 9.62. The van der Waals surface area contributed by atoms with Gasteiger partial charge in [0.05, 0.1) is 11.3 Å². The fourth-order valence-corrected chi connectivity index (χ4v) is 1.15. The number of nitrogens with one attached hydrogen (secondary N) is 1. The van der Waals surface area contributed by atoms with Crippen molar-refractivity contribution in [2.24, 2.45) is 0 Å². The van der Waals surface area contributed by atoms with Crippen molar-refractivity contribution in [3.8, 4) is 0 Å². The molecule has 0 spiro atoms. The van der Waals surface area contributed by atoms with Crippen molar-refractivity contribution in [1.82, 2.24) is 0 Å². The van der Waals surface area contributed by atoms with Gasteiger partial charge in [-0.3, -0.25) is 4.79 Å². The Morgan fingerprint density at radius 3 is 2.62 bits per heavy atom. The minimum atomic E-state index is -1.31. The maximum atomic E-state index is 13.6. The van der Waals surface area contributed by atoms with E-state index >= 15 is 0 Å². The number of carboxylic acid groups (broad SMARTS) is 1. The van der Waals surface area contributed by atoms with E-state index in [2.05, 4.69) is 11.9 Å². The van der Waals surface area contributed by atoms with E-state index in [4.69, 9.17) is 5.11 Å². The second-order valence-electron chi connectivity index (χ2n) is 3.12. The summed E-state index contributed by atoms with van der Waals surface area (Å²) in [5.74, 6) is -2.72. The summed E-state index contributed by atoms with van der Waals surface area (Å²) in [4.78, 5) is 21.8. The molecule has 0 aliphatic rings. The fourth-order valence-electron chi connectivity index (χ4n) is 1.15. The number of hydrogen-bond donors (Lipinski definition) is 2. The Morgan fingerprint density at radius 1 is 1.50 bits per heavy atom. The lowest BCUT2D eigenvalue weighted by atomic mass is 10.1. The summed E-state index contributed by atoms with van der Waals surface area (Å²) in [6, 6.07) is 2.57. The van der Waals surface area contributed by atoms with Gasteiger partial charge in [-0.25, -0.2) is 9.18 Å². The predicted molar refractivity (Wildman–Crippen MR) is 56.9 cm³/mol. The highest BCUT2D eigenvalue weighted by Gasteiger charge is 2.17. The van der Waals surface area contributed by atoms with Gasteiger partial charge in [0.2, 0.25) is 5.91 Å². The lowest BCUT2D eigenvalue weighted by Crippen LogP contribution is -2.14. The largest absolute Gasteiger partial charge is 0.478 e. The van der Waals surface area contributed by atoms with Gasteiger partial charge in [0.1, 0.15) is 0 Å². The van der Waals surface area contributed by atoms with Crippen molar-refractivity contribution >= 4 is 17.6 Å². The van der Waals surface area contributed by atoms with Crippen molar-refractivity contribution < 1.29 is 19.1 Å². The Hall–Kier alpha value is -2.17. The van der Waals surface area contributed by atoms with Crippen LogP contribution in [0.3, 0.4) is 0 Å². The van der Waals surface area contributed by atoms with Crippen LogP contribution in [0.1, 0.15) is 15.9 Å². The van der Waals surface area contributed by atoms with Gasteiger partial charge in [0, 0.05) is 0 Å². The first kappa shape index (κ1) is 11.9. The summed E-state index contributed by atoms with van der Waals surface area (Å²) in [6.45, 7) is 4.68. The van der Waals surface area contributed by atoms with Gasteiger partial charge in [-0.05, 0) is 24.6 Å². The zero-order valence-corrected chi connectivity index (χ0v) is 8.58. The molecule has 1 amide bonds. The molecule has 1 aromatic rings. The number of benzene rings is 1. The van der Waals surface area contributed by atoms with Crippen LogP contribution in [0, 0.1) is 12.7 Å². The van der Waals surface area contributed by atoms with Crippen molar-refractivity contribution in [3.63, 3.8) is 0 Å². The van der Waals surface area contributed by atoms with E-state index in [-0.39, 0.29) is 16.8 Å². The number of carboxylic acids is 1. The molecule has 84 valence electrons. The molecule has 0 bridgehead atoms. The molecular weight excluding hydrogens is 213 g/mol. The molecule has 1 rings (SSSR count). The maximum Gasteiger partial charge on any atom is 0.337 e. The first-order chi connectivity index (χ1) is 7.47. The highest BCUT2D eigenvalue weighted by atomic mass is 19.1. The Bertz CT molecular complexity index is 469. The number of aryl methyl sites for hydroxylation is 1. The number of rotatable bonds is 3. The number of carbonyl (C=O) groups is 2. The van der Waals surface area contributed by atoms with Crippen LogP contribution in [0.2, 0.25) is 0 Å². The molecule has 0 saturated heterocycles. The van der Waals surface area contributed by atoms with E-state index in [1.165, 1.54) is 19.1 Å². The van der Waals surface area contributed by atoms with Crippen LogP contribution in [0.25, 0.3) is 0 Å². The molecule has 0 unspecified atom stereocenters. The molecule has 0 radical (unpaired) electrons. The molecule has 5 heteroatoms. The number of amides is 1. The molecule has 4 nitrogen and oxygen atoms in total. The summed E-state index contributed by atoms with van der Waals surface area (Å²) >= 11 is 0. The molecule has 0 aromatic heterocycles. The van der Waals surface area contributed by atoms with Crippen molar-refractivity contribution in [2.45, 2.75) is 6.92 Å². The first-order valence-electron chi connectivity index (χ1n) is 4.43. The molecule has 0 aliphatic carbocycles. The lowest BCUT2D eigenvalue weighted by molar-refractivity contribution is -0.111. The quantitative estimate of drug-likeness (QED) is 0.770. The van der Waals surface area contributed by atoms with Crippen molar-refractivity contribution in [3.05, 3.63) is 41.7 Å². The Kier molecular flexibility index (Phi) is 3.40. The molecule has 0 fully saturated rings. The van der Waals surface area contributed by atoms with Gasteiger partial charge in [-0.1, -0.05) is 12.6 Å². The maximum absolute atomic E-state index is 13.6. The number of carbonyl (C=O) groups excluding carboxylic acids is 1. The fraction of sp³-hybridized carbons (Fsp3) is 0.0909. The topological polar surface area (TPSA) is 66.4 Å². The summed E-state index contributed by atoms with van der Waals surface area (Å²) in [5.41, 5.74) is -0.375. The Balaban J connectivity index is 3.31. The number of aromatic carboxylic acids is 1. The smallest absolute Gasteiger partial charge is 0.337 e. The van der Waals surface area contributed by atoms with Crippen LogP contribution in [-0.2, 0) is 4.79 Å². The zero-order chi connectivity index (χ0) is 12.3. The summed E-state index contributed by atoms with van der Waals surface area (Å²) in [5, 5.41) is 11.0. The van der Waals surface area contributed by atoms with Gasteiger partial charge in [-0.2, -0.15) is 0 Å². The summed E-state index contributed by atoms with van der Waals surface area (Å²) in [7, 11) is 0. The van der Waals surface area contributed by atoms with Gasteiger partial charge in [0.25, 0.3) is 0 Å². The van der Waals surface area contributed by atoms with Crippen LogP contribution in [0.5, 0.6) is 0 Å². The molecule has 2 N–H and O–H groups in total. The van der Waals surface area contributed by atoms with Crippen LogP contribution in [-0.4, -0.2) is 17.0 Å². The molecular formula is C11H10FNO3. The van der Waals surface area contributed by atoms with E-state index in [0.717, 1.165) is 6.08 Å². The monoisotopic (exact) mass is 223 g/mol. The van der Waals surface area contributed by atoms with E-state index in [1.54, 1.807) is 0 Å². The third-order valence-corrected chi connectivity index (χ3v) is 2.00. The number of anilines is 1. The van der Waals surface area contributed by atoms with E-state index in [9.17, 15) is 14.0 Å². The van der Waals surface area contributed by atoms with Crippen LogP contribution < -0.4 is 5.32 Å². The lowest BCUT2D eigenvalue weighted by Gasteiger charge is -2.09. The summed E-state index contributed by atoms with van der Waals surface area (Å²) < 4.78 is 13.6. The molecule has 0 saturated carbocycles. The molecule has 16 heavy (non-hydrogen) atoms. The average molecular weight is 223 g/mol. The van der Waals surface area contributed by atoms with E-state index in [1.807, 2.05) is 0 Å². The van der Waals surface area contributed by atoms with Gasteiger partial charge < -0.3 is 10.4 Å². The SMILES string of the molecule is C=CC(=O)Nc1c(C(=O)O)ccc(C)c1F. The zero-order valence-electron chi connectivity index (χ0n) is 8.58. The van der Waals surface area contributed by atoms with E-state index in [0.29, 0.717) is 0 Å². The number of halogens is 1. The Labute approximate surface area is 91.4 Å². The molecule has 0 atom stereocenters. The van der Waals surface area contributed by atoms with Crippen molar-refractivity contribution in [1.29, 1.82) is 0 Å². The van der Waals surface area contributed by atoms with Crippen LogP contribution in [0.4, 0.5) is 10.1 Å². The van der Waals surface area contributed by atoms with Crippen LogP contribution >= 0.6 is 0 Å². The highest BCUT2D eigenvalue weighted by Crippen LogP contribution is 2.23. The first-order valence-corrected chi connectivity index (χ1v) is 4.43. The third kappa shape index (κ3) is 2.25. The minimum absolute atomic E-state index is 0.254. The van der Waals surface area contributed by atoms with Gasteiger partial charge in [0.15, 0.2) is 5.82 Å². The molecule has 1 aromatic carbocycles. The second kappa shape index (κ2) is 4.57. The standard InChI is InChI=1S/C11H10FNO3/c1-3-8(14)13-10-7(11(15)16)5-4-6(2)9(10)12/h3-5H,1H2,2H3,(H,13,14)(H,15,16). The Morgan fingerprint density at radius 2 is 2.12 bits per heavy atom. The summed E-state index contributed by atoms with van der Waals surface area (Å²) in [6.07, 6.45) is 0.938. The van der Waals surface area contributed by atoms with Gasteiger partial charge in [-0.15, -0.1) is 0 Å². The average Bonchev–Trinajstić information content (AvgIpc) is 2.24. The highest BCUT2D eigenvalue weighted by molar-refractivity contribution is 6.04. The van der Waals surface area contributed by atoms with Gasteiger partial charge >= 0.3 is 5.97 Å². The number of hydrogen-bond acceptors (Lipinski definition) is 2.